The summed E-state index contributed by atoms with van der Waals surface area (Å²) in [5.74, 6) is -0.487. The molecule has 0 spiro atoms. The summed E-state index contributed by atoms with van der Waals surface area (Å²) in [6.45, 7) is 0. The minimum absolute atomic E-state index is 0.184. The number of H-pyrrole nitrogens is 1. The first-order valence-corrected chi connectivity index (χ1v) is 4.60. The number of amides is 1. The van der Waals surface area contributed by atoms with E-state index in [4.69, 9.17) is 0 Å². The molecule has 0 aliphatic carbocycles. The number of carbonyl (C=O) groups is 1. The lowest BCUT2D eigenvalue weighted by molar-refractivity contribution is 0.102. The molecule has 2 aromatic rings. The number of carbonyl (C=O) groups excluding carboxylic acids is 1. The molecule has 0 aliphatic heterocycles. The van der Waals surface area contributed by atoms with Crippen molar-refractivity contribution in [2.75, 3.05) is 5.32 Å². The van der Waals surface area contributed by atoms with E-state index in [-0.39, 0.29) is 11.4 Å². The van der Waals surface area contributed by atoms with Gasteiger partial charge in [0.15, 0.2) is 5.82 Å². The lowest BCUT2D eigenvalue weighted by atomic mass is 10.3. The van der Waals surface area contributed by atoms with Gasteiger partial charge in [0, 0.05) is 19.3 Å². The molecule has 0 aromatic carbocycles. The molecular weight excluding hydrogens is 228 g/mol. The highest BCUT2D eigenvalue weighted by Gasteiger charge is 2.13. The molecule has 2 heterocycles. The van der Waals surface area contributed by atoms with Crippen LogP contribution in [0.15, 0.2) is 32.6 Å². The highest BCUT2D eigenvalue weighted by atomic mass is 16.5. The molecule has 88 valence electrons. The van der Waals surface area contributed by atoms with Gasteiger partial charge in [-0.05, 0) is 0 Å². The molecule has 8 heteroatoms. The molecule has 0 radical (unpaired) electrons. The Bertz CT molecular complexity index is 652. The van der Waals surface area contributed by atoms with E-state index in [1.54, 1.807) is 0 Å². The molecule has 0 unspecified atom stereocenters. The Morgan fingerprint density at radius 1 is 1.53 bits per heavy atom. The standard InChI is InChI=1S/C9H8N4O4/c1-13-8(15)5(4-10-9(13)16)7(14)11-6-2-3-17-12-6/h2-4H,1H3,(H,10,16)(H,11,12,14). The van der Waals surface area contributed by atoms with Crippen molar-refractivity contribution in [2.45, 2.75) is 0 Å². The summed E-state index contributed by atoms with van der Waals surface area (Å²) in [7, 11) is 1.27. The predicted molar refractivity (Wildman–Crippen MR) is 56.8 cm³/mol. The maximum Gasteiger partial charge on any atom is 0.328 e. The average Bonchev–Trinajstić information content (AvgIpc) is 2.78. The van der Waals surface area contributed by atoms with Crippen molar-refractivity contribution >= 4 is 11.7 Å². The van der Waals surface area contributed by atoms with Crippen molar-refractivity contribution in [3.05, 3.63) is 44.9 Å². The summed E-state index contributed by atoms with van der Waals surface area (Å²) in [5, 5.41) is 5.81. The number of aromatic amines is 1. The molecule has 2 N–H and O–H groups in total. The second-order valence-electron chi connectivity index (χ2n) is 3.21. The summed E-state index contributed by atoms with van der Waals surface area (Å²) in [6.07, 6.45) is 2.33. The maximum absolute atomic E-state index is 11.7. The third kappa shape index (κ3) is 2.00. The Morgan fingerprint density at radius 2 is 2.29 bits per heavy atom. The van der Waals surface area contributed by atoms with Crippen LogP contribution in [0.4, 0.5) is 5.82 Å². The largest absolute Gasteiger partial charge is 0.363 e. The molecule has 0 saturated carbocycles. The summed E-state index contributed by atoms with van der Waals surface area (Å²) < 4.78 is 5.32. The number of rotatable bonds is 2. The van der Waals surface area contributed by atoms with E-state index in [9.17, 15) is 14.4 Å². The first kappa shape index (κ1) is 10.9. The Kier molecular flexibility index (Phi) is 2.61. The lowest BCUT2D eigenvalue weighted by Gasteiger charge is -2.01. The molecule has 0 saturated heterocycles. The van der Waals surface area contributed by atoms with Gasteiger partial charge in [-0.2, -0.15) is 0 Å². The van der Waals surface area contributed by atoms with Gasteiger partial charge in [0.2, 0.25) is 0 Å². The van der Waals surface area contributed by atoms with Crippen LogP contribution in [0, 0.1) is 0 Å². The number of anilines is 1. The first-order valence-electron chi connectivity index (χ1n) is 4.60. The quantitative estimate of drug-likeness (QED) is 0.717. The van der Waals surface area contributed by atoms with E-state index in [0.29, 0.717) is 0 Å². The number of nitrogens with zero attached hydrogens (tertiary/aromatic N) is 2. The predicted octanol–water partition coefficient (Wildman–Crippen LogP) is -0.686. The highest BCUT2D eigenvalue weighted by Crippen LogP contribution is 2.02. The zero-order chi connectivity index (χ0) is 12.4. The number of nitrogens with one attached hydrogen (secondary N) is 2. The molecule has 0 fully saturated rings. The van der Waals surface area contributed by atoms with Gasteiger partial charge in [0.25, 0.3) is 11.5 Å². The molecule has 2 rings (SSSR count). The zero-order valence-corrected chi connectivity index (χ0v) is 8.76. The van der Waals surface area contributed by atoms with Crippen LogP contribution in [0.5, 0.6) is 0 Å². The fourth-order valence-corrected chi connectivity index (χ4v) is 1.19. The molecule has 0 bridgehead atoms. The Morgan fingerprint density at radius 3 is 2.94 bits per heavy atom. The maximum atomic E-state index is 11.7. The van der Waals surface area contributed by atoms with Crippen LogP contribution in [0.25, 0.3) is 0 Å². The molecule has 17 heavy (non-hydrogen) atoms. The summed E-state index contributed by atoms with van der Waals surface area (Å²) >= 11 is 0. The Labute approximate surface area is 93.9 Å². The van der Waals surface area contributed by atoms with Crippen molar-refractivity contribution < 1.29 is 9.32 Å². The van der Waals surface area contributed by atoms with E-state index in [2.05, 4.69) is 20.0 Å². The van der Waals surface area contributed by atoms with Gasteiger partial charge < -0.3 is 14.8 Å². The van der Waals surface area contributed by atoms with Crippen molar-refractivity contribution in [3.8, 4) is 0 Å². The van der Waals surface area contributed by atoms with Crippen LogP contribution < -0.4 is 16.6 Å². The van der Waals surface area contributed by atoms with Crippen molar-refractivity contribution in [2.24, 2.45) is 7.05 Å². The minimum atomic E-state index is -0.685. The number of hydrogen-bond acceptors (Lipinski definition) is 5. The van der Waals surface area contributed by atoms with Gasteiger partial charge in [0.1, 0.15) is 11.8 Å². The second kappa shape index (κ2) is 4.08. The smallest absolute Gasteiger partial charge is 0.328 e. The third-order valence-electron chi connectivity index (χ3n) is 2.10. The van der Waals surface area contributed by atoms with E-state index in [1.807, 2.05) is 0 Å². The lowest BCUT2D eigenvalue weighted by Crippen LogP contribution is -2.37. The van der Waals surface area contributed by atoms with Gasteiger partial charge in [-0.15, -0.1) is 0 Å². The van der Waals surface area contributed by atoms with E-state index >= 15 is 0 Å². The van der Waals surface area contributed by atoms with Crippen LogP contribution >= 0.6 is 0 Å². The third-order valence-corrected chi connectivity index (χ3v) is 2.10. The van der Waals surface area contributed by atoms with E-state index in [0.717, 1.165) is 10.8 Å². The van der Waals surface area contributed by atoms with Crippen LogP contribution in [-0.4, -0.2) is 20.6 Å². The fourth-order valence-electron chi connectivity index (χ4n) is 1.19. The molecular formula is C9H8N4O4. The SMILES string of the molecule is Cn1c(=O)[nH]cc(C(=O)Nc2ccon2)c1=O. The summed E-state index contributed by atoms with van der Waals surface area (Å²) in [4.78, 5) is 36.6. The molecule has 0 aliphatic rings. The van der Waals surface area contributed by atoms with Gasteiger partial charge in [0.05, 0.1) is 0 Å². The minimum Gasteiger partial charge on any atom is -0.363 e. The van der Waals surface area contributed by atoms with Crippen molar-refractivity contribution in [1.82, 2.24) is 14.7 Å². The average molecular weight is 236 g/mol. The Hall–Kier alpha value is -2.64. The summed E-state index contributed by atoms with van der Waals surface area (Å²) in [5.41, 5.74) is -1.46. The number of aromatic nitrogens is 3. The summed E-state index contributed by atoms with van der Waals surface area (Å²) in [6, 6.07) is 1.42. The van der Waals surface area contributed by atoms with Gasteiger partial charge in [-0.25, -0.2) is 4.79 Å². The van der Waals surface area contributed by atoms with Gasteiger partial charge in [-0.3, -0.25) is 14.2 Å². The topological polar surface area (TPSA) is 110 Å². The Balaban J connectivity index is 2.35. The van der Waals surface area contributed by atoms with Gasteiger partial charge >= 0.3 is 5.69 Å². The normalized spacial score (nSPS) is 10.2. The highest BCUT2D eigenvalue weighted by molar-refractivity contribution is 6.03. The molecule has 2 aromatic heterocycles. The van der Waals surface area contributed by atoms with Crippen LogP contribution in [0.1, 0.15) is 10.4 Å². The first-order chi connectivity index (χ1) is 8.09. The van der Waals surface area contributed by atoms with E-state index in [1.165, 1.54) is 19.4 Å². The second-order valence-corrected chi connectivity index (χ2v) is 3.21. The van der Waals surface area contributed by atoms with Crippen molar-refractivity contribution in [1.29, 1.82) is 0 Å². The fraction of sp³-hybridized carbons (Fsp3) is 0.111. The monoisotopic (exact) mass is 236 g/mol. The van der Waals surface area contributed by atoms with Crippen LogP contribution in [0.3, 0.4) is 0 Å². The molecule has 1 amide bonds. The van der Waals surface area contributed by atoms with Gasteiger partial charge in [-0.1, -0.05) is 5.16 Å². The number of hydrogen-bond donors (Lipinski definition) is 2. The van der Waals surface area contributed by atoms with Crippen LogP contribution in [0.2, 0.25) is 0 Å². The molecule has 0 atom stereocenters. The molecule has 8 nitrogen and oxygen atoms in total. The van der Waals surface area contributed by atoms with Crippen LogP contribution in [-0.2, 0) is 7.05 Å². The van der Waals surface area contributed by atoms with E-state index < -0.39 is 17.2 Å². The van der Waals surface area contributed by atoms with Crippen molar-refractivity contribution in [3.63, 3.8) is 0 Å². The zero-order valence-electron chi connectivity index (χ0n) is 8.76.